The molecule has 2 nitrogen and oxygen atoms in total. The Hall–Kier alpha value is -1.83. The van der Waals surface area contributed by atoms with Gasteiger partial charge in [0.1, 0.15) is 0 Å². The Kier molecular flexibility index (Phi) is 3.27. The third kappa shape index (κ3) is 1.97. The number of amides is 1. The molecule has 2 N–H and O–H groups in total. The fourth-order valence-electron chi connectivity index (χ4n) is 4.36. The van der Waals surface area contributed by atoms with Crippen molar-refractivity contribution in [2.75, 3.05) is 0 Å². The summed E-state index contributed by atoms with van der Waals surface area (Å²) >= 11 is 0. The van der Waals surface area contributed by atoms with Crippen LogP contribution in [0.25, 0.3) is 10.8 Å². The van der Waals surface area contributed by atoms with E-state index in [1.807, 2.05) is 0 Å². The van der Waals surface area contributed by atoms with Crippen LogP contribution in [-0.2, 0) is 4.79 Å². The minimum atomic E-state index is -0.301. The van der Waals surface area contributed by atoms with E-state index in [2.05, 4.69) is 63.2 Å². The van der Waals surface area contributed by atoms with Crippen molar-refractivity contribution in [2.45, 2.75) is 33.1 Å². The third-order valence-electron chi connectivity index (χ3n) is 5.72. The van der Waals surface area contributed by atoms with Crippen LogP contribution in [0.5, 0.6) is 0 Å². The molecule has 0 aliphatic heterocycles. The number of carbonyl (C=O) groups is 1. The van der Waals surface area contributed by atoms with Crippen molar-refractivity contribution < 1.29 is 4.79 Å². The lowest BCUT2D eigenvalue weighted by molar-refractivity contribution is -0.124. The first-order valence-electron chi connectivity index (χ1n) is 7.81. The summed E-state index contributed by atoms with van der Waals surface area (Å²) < 4.78 is 0. The van der Waals surface area contributed by atoms with Crippen molar-refractivity contribution in [3.05, 3.63) is 48.0 Å². The van der Waals surface area contributed by atoms with Crippen molar-refractivity contribution in [3.63, 3.8) is 0 Å². The zero-order valence-electron chi connectivity index (χ0n) is 13.0. The largest absolute Gasteiger partial charge is 0.369 e. The fraction of sp³-hybridized carbons (Fsp3) is 0.421. The first kappa shape index (κ1) is 14.1. The molecule has 0 radical (unpaired) electrons. The highest BCUT2D eigenvalue weighted by molar-refractivity contribution is 5.86. The summed E-state index contributed by atoms with van der Waals surface area (Å²) in [5, 5.41) is 2.52. The number of hydrogen-bond donors (Lipinski definition) is 1. The van der Waals surface area contributed by atoms with E-state index in [0.29, 0.717) is 17.8 Å². The van der Waals surface area contributed by atoms with E-state index in [4.69, 9.17) is 5.73 Å². The Morgan fingerprint density at radius 1 is 1.24 bits per heavy atom. The zero-order chi connectivity index (χ0) is 15.2. The molecule has 0 saturated heterocycles. The second kappa shape index (κ2) is 4.87. The normalized spacial score (nSPS) is 29.3. The van der Waals surface area contributed by atoms with E-state index >= 15 is 0 Å². The van der Waals surface area contributed by atoms with Crippen molar-refractivity contribution in [3.8, 4) is 0 Å². The molecule has 4 atom stereocenters. The third-order valence-corrected chi connectivity index (χ3v) is 5.72. The van der Waals surface area contributed by atoms with Gasteiger partial charge >= 0.3 is 0 Å². The highest BCUT2D eigenvalue weighted by Crippen LogP contribution is 2.65. The van der Waals surface area contributed by atoms with E-state index < -0.39 is 0 Å². The van der Waals surface area contributed by atoms with E-state index in [1.54, 1.807) is 0 Å². The number of primary amides is 1. The lowest BCUT2D eigenvalue weighted by Gasteiger charge is -2.17. The maximum Gasteiger partial charge on any atom is 0.224 e. The highest BCUT2D eigenvalue weighted by Gasteiger charge is 2.66. The number of benzene rings is 2. The highest BCUT2D eigenvalue weighted by atomic mass is 16.1. The molecule has 1 aliphatic carbocycles. The molecule has 110 valence electrons. The Labute approximate surface area is 126 Å². The van der Waals surface area contributed by atoms with Crippen LogP contribution in [-0.4, -0.2) is 5.91 Å². The van der Waals surface area contributed by atoms with Gasteiger partial charge in [-0.2, -0.15) is 0 Å². The molecule has 3 rings (SSSR count). The first-order valence-corrected chi connectivity index (χ1v) is 7.81. The molecule has 0 aromatic heterocycles. The lowest BCUT2D eigenvalue weighted by atomic mass is 9.87. The summed E-state index contributed by atoms with van der Waals surface area (Å²) in [5.41, 5.74) is 6.70. The van der Waals surface area contributed by atoms with Gasteiger partial charge in [0.25, 0.3) is 0 Å². The van der Waals surface area contributed by atoms with Crippen molar-refractivity contribution >= 4 is 16.7 Å². The number of carbonyl (C=O) groups excluding carboxylic acids is 1. The van der Waals surface area contributed by atoms with Gasteiger partial charge in [0.2, 0.25) is 5.91 Å². The molecular formula is C19H23NO. The van der Waals surface area contributed by atoms with E-state index in [-0.39, 0.29) is 11.3 Å². The van der Waals surface area contributed by atoms with E-state index in [1.165, 1.54) is 16.3 Å². The summed E-state index contributed by atoms with van der Waals surface area (Å²) in [6, 6.07) is 15.0. The van der Waals surface area contributed by atoms with Crippen LogP contribution in [0.3, 0.4) is 0 Å². The van der Waals surface area contributed by atoms with E-state index in [0.717, 1.165) is 6.42 Å². The Balaban J connectivity index is 1.94. The lowest BCUT2D eigenvalue weighted by Crippen LogP contribution is -2.28. The van der Waals surface area contributed by atoms with Gasteiger partial charge in [-0.1, -0.05) is 63.2 Å². The number of rotatable bonds is 4. The molecule has 3 unspecified atom stereocenters. The minimum absolute atomic E-state index is 0.130. The average molecular weight is 281 g/mol. The van der Waals surface area contributed by atoms with Gasteiger partial charge < -0.3 is 5.73 Å². The van der Waals surface area contributed by atoms with Crippen LogP contribution in [0, 0.1) is 17.3 Å². The quantitative estimate of drug-likeness (QED) is 0.901. The zero-order valence-corrected chi connectivity index (χ0v) is 13.0. The molecular weight excluding hydrogens is 258 g/mol. The Morgan fingerprint density at radius 3 is 2.48 bits per heavy atom. The molecule has 1 fully saturated rings. The predicted molar refractivity (Wildman–Crippen MR) is 86.9 cm³/mol. The summed E-state index contributed by atoms with van der Waals surface area (Å²) in [7, 11) is 0. The molecule has 2 aromatic carbocycles. The van der Waals surface area contributed by atoms with Gasteiger partial charge in [-0.25, -0.2) is 0 Å². The van der Waals surface area contributed by atoms with Crippen LogP contribution in [0.1, 0.15) is 38.7 Å². The molecule has 1 amide bonds. The van der Waals surface area contributed by atoms with Crippen molar-refractivity contribution in [2.24, 2.45) is 23.0 Å². The Bertz CT molecular complexity index is 693. The first-order chi connectivity index (χ1) is 10.0. The number of hydrogen-bond acceptors (Lipinski definition) is 1. The molecule has 2 heteroatoms. The predicted octanol–water partition coefficient (Wildman–Crippen LogP) is 4.09. The monoisotopic (exact) mass is 281 g/mol. The van der Waals surface area contributed by atoms with Crippen LogP contribution in [0.4, 0.5) is 0 Å². The molecule has 0 bridgehead atoms. The van der Waals surface area contributed by atoms with Crippen LogP contribution in [0.15, 0.2) is 42.5 Å². The average Bonchev–Trinajstić information content (AvgIpc) is 3.12. The SMILES string of the molecule is CCC1(C(N)=O)C(C)C1[C@@H](C)c1ccc2ccccc2c1. The van der Waals surface area contributed by atoms with Gasteiger partial charge in [0.15, 0.2) is 0 Å². The topological polar surface area (TPSA) is 43.1 Å². The summed E-state index contributed by atoms with van der Waals surface area (Å²) in [5.74, 6) is 0.967. The minimum Gasteiger partial charge on any atom is -0.369 e. The second-order valence-corrected chi connectivity index (χ2v) is 6.47. The maximum absolute atomic E-state index is 11.9. The van der Waals surface area contributed by atoms with Crippen molar-refractivity contribution in [1.29, 1.82) is 0 Å². The summed E-state index contributed by atoms with van der Waals surface area (Å²) in [4.78, 5) is 11.9. The Morgan fingerprint density at radius 2 is 1.90 bits per heavy atom. The fourth-order valence-corrected chi connectivity index (χ4v) is 4.36. The molecule has 1 saturated carbocycles. The van der Waals surface area contributed by atoms with Crippen LogP contribution < -0.4 is 5.73 Å². The standard InChI is InChI=1S/C19H23NO/c1-4-19(18(20)21)13(3)17(19)12(2)15-10-9-14-7-5-6-8-16(14)11-15/h5-13,17H,4H2,1-3H3,(H2,20,21)/t12-,13?,17?,19?/m0/s1. The molecule has 21 heavy (non-hydrogen) atoms. The number of nitrogens with two attached hydrogens (primary N) is 1. The molecule has 1 aliphatic rings. The van der Waals surface area contributed by atoms with Gasteiger partial charge in [0.05, 0.1) is 5.41 Å². The van der Waals surface area contributed by atoms with E-state index in [9.17, 15) is 4.79 Å². The van der Waals surface area contributed by atoms with Crippen molar-refractivity contribution in [1.82, 2.24) is 0 Å². The van der Waals surface area contributed by atoms with Gasteiger partial charge in [-0.15, -0.1) is 0 Å². The second-order valence-electron chi connectivity index (χ2n) is 6.47. The van der Waals surface area contributed by atoms with Gasteiger partial charge in [0, 0.05) is 0 Å². The maximum atomic E-state index is 11.9. The molecule has 0 spiro atoms. The van der Waals surface area contributed by atoms with Crippen LogP contribution >= 0.6 is 0 Å². The summed E-state index contributed by atoms with van der Waals surface area (Å²) in [6.07, 6.45) is 0.839. The number of fused-ring (bicyclic) bond motifs is 1. The molecule has 2 aromatic rings. The van der Waals surface area contributed by atoms with Gasteiger partial charge in [-0.3, -0.25) is 4.79 Å². The van der Waals surface area contributed by atoms with Gasteiger partial charge in [-0.05, 0) is 40.5 Å². The molecule has 0 heterocycles. The summed E-state index contributed by atoms with van der Waals surface area (Å²) in [6.45, 7) is 6.47. The van der Waals surface area contributed by atoms with Crippen LogP contribution in [0.2, 0.25) is 0 Å². The smallest absolute Gasteiger partial charge is 0.224 e.